The van der Waals surface area contributed by atoms with E-state index in [9.17, 15) is 13.2 Å². The fraction of sp³-hybridized carbons (Fsp3) is 0.583. The molecule has 6 nitrogen and oxygen atoms in total. The topological polar surface area (TPSA) is 78.5 Å². The van der Waals surface area contributed by atoms with Crippen LogP contribution < -0.4 is 10.6 Å². The molecule has 1 aromatic rings. The number of halogens is 1. The molecule has 1 aromatic heterocycles. The maximum absolute atomic E-state index is 12.3. The molecule has 21 heavy (non-hydrogen) atoms. The Labute approximate surface area is 135 Å². The van der Waals surface area contributed by atoms with Gasteiger partial charge in [0.15, 0.2) is 0 Å². The summed E-state index contributed by atoms with van der Waals surface area (Å²) in [5.74, 6) is -0.311. The first-order valence-corrected chi connectivity index (χ1v) is 8.76. The molecule has 2 N–H and O–H groups in total. The average Bonchev–Trinajstić information content (AvgIpc) is 2.89. The predicted molar refractivity (Wildman–Crippen MR) is 85.8 cm³/mol. The lowest BCUT2D eigenvalue weighted by Crippen LogP contribution is -2.45. The van der Waals surface area contributed by atoms with Gasteiger partial charge in [0, 0.05) is 26.7 Å². The van der Waals surface area contributed by atoms with Crippen LogP contribution in [0.5, 0.6) is 0 Å². The molecule has 0 spiro atoms. The van der Waals surface area contributed by atoms with Crippen molar-refractivity contribution in [2.75, 3.05) is 27.2 Å². The maximum Gasteiger partial charge on any atom is 0.263 e. The average molecular weight is 354 g/mol. The van der Waals surface area contributed by atoms with Crippen LogP contribution in [0.4, 0.5) is 0 Å². The summed E-state index contributed by atoms with van der Waals surface area (Å²) in [6, 6.07) is 1.54. The highest BCUT2D eigenvalue weighted by molar-refractivity contribution is 7.89. The lowest BCUT2D eigenvalue weighted by molar-refractivity contribution is 0.0931. The van der Waals surface area contributed by atoms with Gasteiger partial charge in [-0.1, -0.05) is 0 Å². The monoisotopic (exact) mass is 353 g/mol. The number of thiophene rings is 1. The van der Waals surface area contributed by atoms with E-state index in [0.717, 1.165) is 41.6 Å². The zero-order valence-electron chi connectivity index (χ0n) is 12.0. The highest BCUT2D eigenvalue weighted by Gasteiger charge is 2.27. The van der Waals surface area contributed by atoms with E-state index in [2.05, 4.69) is 10.6 Å². The number of carbonyl (C=O) groups excluding carboxylic acids is 1. The van der Waals surface area contributed by atoms with Gasteiger partial charge in [-0.3, -0.25) is 4.79 Å². The zero-order valence-corrected chi connectivity index (χ0v) is 14.4. The molecule has 0 saturated carbocycles. The van der Waals surface area contributed by atoms with Crippen LogP contribution in [-0.2, 0) is 10.0 Å². The van der Waals surface area contributed by atoms with Crippen LogP contribution in [0.2, 0.25) is 0 Å². The van der Waals surface area contributed by atoms with Gasteiger partial charge in [-0.05, 0) is 30.8 Å². The number of sulfonamides is 1. The van der Waals surface area contributed by atoms with Gasteiger partial charge in [-0.15, -0.1) is 23.7 Å². The molecule has 0 bridgehead atoms. The Morgan fingerprint density at radius 1 is 1.48 bits per heavy atom. The maximum atomic E-state index is 12.3. The second-order valence-electron chi connectivity index (χ2n) is 4.92. The lowest BCUT2D eigenvalue weighted by Gasteiger charge is -2.23. The molecule has 1 amide bonds. The van der Waals surface area contributed by atoms with Gasteiger partial charge in [0.2, 0.25) is 10.0 Å². The normalized spacial score (nSPS) is 19.1. The molecule has 0 aliphatic carbocycles. The summed E-state index contributed by atoms with van der Waals surface area (Å²) in [7, 11) is -0.667. The molecule has 1 saturated heterocycles. The first-order valence-electron chi connectivity index (χ1n) is 6.44. The first kappa shape index (κ1) is 18.4. The van der Waals surface area contributed by atoms with Crippen molar-refractivity contribution in [3.05, 3.63) is 16.3 Å². The predicted octanol–water partition coefficient (Wildman–Crippen LogP) is 0.902. The molecule has 2 heterocycles. The number of rotatable bonds is 4. The third-order valence-electron chi connectivity index (χ3n) is 3.23. The summed E-state index contributed by atoms with van der Waals surface area (Å²) in [5.41, 5.74) is 0. The van der Waals surface area contributed by atoms with Crippen molar-refractivity contribution in [3.8, 4) is 0 Å². The van der Waals surface area contributed by atoms with Crippen molar-refractivity contribution in [2.24, 2.45) is 0 Å². The summed E-state index contributed by atoms with van der Waals surface area (Å²) in [6.45, 7) is 1.69. The highest BCUT2D eigenvalue weighted by Crippen LogP contribution is 2.24. The lowest BCUT2D eigenvalue weighted by atomic mass is 10.1. The first-order chi connectivity index (χ1) is 9.43. The molecule has 1 fully saturated rings. The molecule has 2 rings (SSSR count). The van der Waals surface area contributed by atoms with Crippen LogP contribution in [0, 0.1) is 0 Å². The number of amides is 1. The van der Waals surface area contributed by atoms with Crippen LogP contribution in [0.25, 0.3) is 0 Å². The highest BCUT2D eigenvalue weighted by atomic mass is 35.5. The molecule has 9 heteroatoms. The van der Waals surface area contributed by atoms with Crippen molar-refractivity contribution < 1.29 is 13.2 Å². The van der Waals surface area contributed by atoms with E-state index in [1.165, 1.54) is 20.2 Å². The third kappa shape index (κ3) is 4.17. The smallest absolute Gasteiger partial charge is 0.263 e. The zero-order chi connectivity index (χ0) is 14.8. The minimum Gasteiger partial charge on any atom is -0.347 e. The van der Waals surface area contributed by atoms with Crippen molar-refractivity contribution in [1.82, 2.24) is 14.9 Å². The van der Waals surface area contributed by atoms with Gasteiger partial charge in [-0.2, -0.15) is 0 Å². The number of carbonyl (C=O) groups is 1. The van der Waals surface area contributed by atoms with Crippen LogP contribution in [0.1, 0.15) is 22.5 Å². The second-order valence-corrected chi connectivity index (χ2v) is 7.95. The minimum absolute atomic E-state index is 0. The third-order valence-corrected chi connectivity index (χ3v) is 6.13. The fourth-order valence-electron chi connectivity index (χ4n) is 2.09. The Bertz CT molecular complexity index is 580. The van der Waals surface area contributed by atoms with Gasteiger partial charge in [0.05, 0.1) is 0 Å². The van der Waals surface area contributed by atoms with E-state index in [0.29, 0.717) is 0 Å². The molecule has 0 aromatic carbocycles. The summed E-state index contributed by atoms with van der Waals surface area (Å²) in [4.78, 5) is 12.6. The molecular weight excluding hydrogens is 334 g/mol. The van der Waals surface area contributed by atoms with Crippen LogP contribution in [0.15, 0.2) is 16.3 Å². The molecule has 120 valence electrons. The van der Waals surface area contributed by atoms with E-state index >= 15 is 0 Å². The molecule has 1 atom stereocenters. The van der Waals surface area contributed by atoms with E-state index in [4.69, 9.17) is 0 Å². The second kappa shape index (κ2) is 7.55. The molecule has 1 aliphatic rings. The van der Waals surface area contributed by atoms with Crippen molar-refractivity contribution in [3.63, 3.8) is 0 Å². The molecule has 0 radical (unpaired) electrons. The van der Waals surface area contributed by atoms with Crippen molar-refractivity contribution >= 4 is 39.7 Å². The number of nitrogens with zero attached hydrogens (tertiary/aromatic N) is 1. The Morgan fingerprint density at radius 2 is 2.19 bits per heavy atom. The quantitative estimate of drug-likeness (QED) is 0.843. The van der Waals surface area contributed by atoms with Crippen molar-refractivity contribution in [1.29, 1.82) is 0 Å². The molecular formula is C12H20ClN3O3S2. The number of hydrogen-bond donors (Lipinski definition) is 2. The standard InChI is InChI=1S/C12H19N3O3S2.ClH/c1-15(2)20(17,18)10-5-7-19-11(10)12(16)14-9-4-3-6-13-8-9;/h5,7,9,13H,3-4,6,8H2,1-2H3,(H,14,16);1H. The van der Waals surface area contributed by atoms with Crippen LogP contribution in [-0.4, -0.2) is 51.9 Å². The minimum atomic E-state index is -3.58. The Hall–Kier alpha value is -0.670. The van der Waals surface area contributed by atoms with Crippen molar-refractivity contribution in [2.45, 2.75) is 23.8 Å². The largest absolute Gasteiger partial charge is 0.347 e. The van der Waals surface area contributed by atoms with Crippen LogP contribution >= 0.6 is 23.7 Å². The van der Waals surface area contributed by atoms with Gasteiger partial charge >= 0.3 is 0 Å². The van der Waals surface area contributed by atoms with E-state index in [1.807, 2.05) is 0 Å². The fourth-order valence-corrected chi connectivity index (χ4v) is 4.29. The summed E-state index contributed by atoms with van der Waals surface area (Å²) < 4.78 is 25.4. The number of hydrogen-bond acceptors (Lipinski definition) is 5. The van der Waals surface area contributed by atoms with E-state index < -0.39 is 10.0 Å². The van der Waals surface area contributed by atoms with Crippen LogP contribution in [0.3, 0.4) is 0 Å². The summed E-state index contributed by atoms with van der Waals surface area (Å²) >= 11 is 1.15. The van der Waals surface area contributed by atoms with E-state index in [1.54, 1.807) is 5.38 Å². The van der Waals surface area contributed by atoms with E-state index in [-0.39, 0.29) is 34.1 Å². The Kier molecular flexibility index (Phi) is 6.61. The van der Waals surface area contributed by atoms with Gasteiger partial charge in [0.25, 0.3) is 5.91 Å². The van der Waals surface area contributed by atoms with Gasteiger partial charge < -0.3 is 10.6 Å². The molecule has 1 unspecified atom stereocenters. The van der Waals surface area contributed by atoms with Gasteiger partial charge in [-0.25, -0.2) is 12.7 Å². The Morgan fingerprint density at radius 3 is 2.76 bits per heavy atom. The number of nitrogens with one attached hydrogen (secondary N) is 2. The summed E-state index contributed by atoms with van der Waals surface area (Å²) in [5, 5.41) is 7.74. The SMILES string of the molecule is CN(C)S(=O)(=O)c1ccsc1C(=O)NC1CCCNC1.Cl. The Balaban J connectivity index is 0.00000220. The summed E-state index contributed by atoms with van der Waals surface area (Å²) in [6.07, 6.45) is 1.93. The molecule has 1 aliphatic heterocycles. The number of piperidine rings is 1. The van der Waals surface area contributed by atoms with Gasteiger partial charge in [0.1, 0.15) is 9.77 Å².